The van der Waals surface area contributed by atoms with Gasteiger partial charge in [-0.15, -0.1) is 11.3 Å². The lowest BCUT2D eigenvalue weighted by atomic mass is 10.2. The fourth-order valence-electron chi connectivity index (χ4n) is 1.63. The second-order valence-corrected chi connectivity index (χ2v) is 5.73. The van der Waals surface area contributed by atoms with Gasteiger partial charge < -0.3 is 5.11 Å². The van der Waals surface area contributed by atoms with Gasteiger partial charge in [0.05, 0.1) is 5.01 Å². The van der Waals surface area contributed by atoms with Crippen LogP contribution in [0.2, 0.25) is 0 Å². The highest BCUT2D eigenvalue weighted by Gasteiger charge is 2.12. The molecule has 1 N–H and O–H groups in total. The fourth-order valence-corrected chi connectivity index (χ4v) is 2.45. The first-order valence-electron chi connectivity index (χ1n) is 5.86. The molecular formula is C12H20N2O2S. The Bertz CT molecular complexity index is 363. The molecule has 1 aromatic heterocycles. The van der Waals surface area contributed by atoms with E-state index in [1.807, 2.05) is 13.1 Å². The molecule has 5 heteroatoms. The highest BCUT2D eigenvalue weighted by atomic mass is 32.1. The number of hydrogen-bond donors (Lipinski definition) is 1. The van der Waals surface area contributed by atoms with Gasteiger partial charge in [0.25, 0.3) is 0 Å². The third-order valence-electron chi connectivity index (χ3n) is 2.59. The molecule has 0 atom stereocenters. The van der Waals surface area contributed by atoms with E-state index < -0.39 is 5.97 Å². The summed E-state index contributed by atoms with van der Waals surface area (Å²) in [5.41, 5.74) is 0. The van der Waals surface area contributed by atoms with Crippen LogP contribution in [0.25, 0.3) is 0 Å². The van der Waals surface area contributed by atoms with Crippen molar-refractivity contribution in [2.24, 2.45) is 0 Å². The van der Waals surface area contributed by atoms with Gasteiger partial charge in [-0.3, -0.25) is 9.69 Å². The van der Waals surface area contributed by atoms with Crippen LogP contribution in [0.4, 0.5) is 0 Å². The predicted octanol–water partition coefficient (Wildman–Crippen LogP) is 2.53. The molecule has 1 aromatic rings. The largest absolute Gasteiger partial charge is 0.481 e. The van der Waals surface area contributed by atoms with Crippen molar-refractivity contribution in [3.63, 3.8) is 0 Å². The van der Waals surface area contributed by atoms with Crippen LogP contribution in [0, 0.1) is 6.92 Å². The average Bonchev–Trinajstić information content (AvgIpc) is 2.62. The number of carbonyl (C=O) groups is 1. The smallest absolute Gasteiger partial charge is 0.303 e. The number of hydrogen-bond acceptors (Lipinski definition) is 4. The highest BCUT2D eigenvalue weighted by Crippen LogP contribution is 2.16. The lowest BCUT2D eigenvalue weighted by molar-refractivity contribution is -0.137. The summed E-state index contributed by atoms with van der Waals surface area (Å²) in [5.74, 6) is -0.720. The minimum atomic E-state index is -0.720. The third kappa shape index (κ3) is 5.28. The maximum absolute atomic E-state index is 10.5. The third-order valence-corrected chi connectivity index (χ3v) is 3.49. The maximum atomic E-state index is 10.5. The summed E-state index contributed by atoms with van der Waals surface area (Å²) in [6, 6.07) is 0.422. The molecule has 1 rings (SSSR count). The van der Waals surface area contributed by atoms with Gasteiger partial charge in [0, 0.05) is 30.1 Å². The van der Waals surface area contributed by atoms with Crippen molar-refractivity contribution in [1.82, 2.24) is 9.88 Å². The Hall–Kier alpha value is -0.940. The van der Waals surface area contributed by atoms with Crippen molar-refractivity contribution in [1.29, 1.82) is 0 Å². The van der Waals surface area contributed by atoms with Crippen LogP contribution < -0.4 is 0 Å². The van der Waals surface area contributed by atoms with Crippen molar-refractivity contribution in [2.75, 3.05) is 6.54 Å². The SMILES string of the molecule is Cc1ncc(CN(CCCC(=O)O)C(C)C)s1. The normalized spacial score (nSPS) is 11.4. The lowest BCUT2D eigenvalue weighted by Crippen LogP contribution is -2.31. The average molecular weight is 256 g/mol. The summed E-state index contributed by atoms with van der Waals surface area (Å²) < 4.78 is 0. The molecule has 0 saturated heterocycles. The summed E-state index contributed by atoms with van der Waals surface area (Å²) in [6.45, 7) is 7.95. The zero-order valence-corrected chi connectivity index (χ0v) is 11.5. The van der Waals surface area contributed by atoms with Crippen molar-refractivity contribution < 1.29 is 9.90 Å². The Labute approximate surface area is 106 Å². The van der Waals surface area contributed by atoms with E-state index in [4.69, 9.17) is 5.11 Å². The van der Waals surface area contributed by atoms with Crippen molar-refractivity contribution >= 4 is 17.3 Å². The number of rotatable bonds is 7. The van der Waals surface area contributed by atoms with E-state index in [0.717, 1.165) is 18.1 Å². The number of aliphatic carboxylic acids is 1. The number of nitrogens with zero attached hydrogens (tertiary/aromatic N) is 2. The number of aryl methyl sites for hydroxylation is 1. The topological polar surface area (TPSA) is 53.4 Å². The van der Waals surface area contributed by atoms with Gasteiger partial charge in [-0.1, -0.05) is 0 Å². The monoisotopic (exact) mass is 256 g/mol. The lowest BCUT2D eigenvalue weighted by Gasteiger charge is -2.25. The fraction of sp³-hybridized carbons (Fsp3) is 0.667. The molecule has 0 aliphatic carbocycles. The molecule has 0 aliphatic rings. The molecular weight excluding hydrogens is 236 g/mol. The molecule has 0 saturated carbocycles. The molecule has 0 radical (unpaired) electrons. The number of aromatic nitrogens is 1. The van der Waals surface area contributed by atoms with Crippen LogP contribution in [0.3, 0.4) is 0 Å². The molecule has 0 spiro atoms. The predicted molar refractivity (Wildman–Crippen MR) is 69.3 cm³/mol. The molecule has 0 aromatic carbocycles. The van der Waals surface area contributed by atoms with Gasteiger partial charge in [0.2, 0.25) is 0 Å². The summed E-state index contributed by atoms with van der Waals surface area (Å²) >= 11 is 1.70. The Kier molecular flexibility index (Phi) is 5.58. The minimum absolute atomic E-state index is 0.241. The quantitative estimate of drug-likeness (QED) is 0.814. The van der Waals surface area contributed by atoms with Crippen LogP contribution in [-0.2, 0) is 11.3 Å². The van der Waals surface area contributed by atoms with Crippen LogP contribution in [0.15, 0.2) is 6.20 Å². The Morgan fingerprint density at radius 3 is 2.76 bits per heavy atom. The van der Waals surface area contributed by atoms with Crippen LogP contribution in [0.5, 0.6) is 0 Å². The highest BCUT2D eigenvalue weighted by molar-refractivity contribution is 7.11. The molecule has 0 unspecified atom stereocenters. The Balaban J connectivity index is 2.46. The summed E-state index contributed by atoms with van der Waals surface area (Å²) in [6.07, 6.45) is 2.85. The molecule has 4 nitrogen and oxygen atoms in total. The van der Waals surface area contributed by atoms with Gasteiger partial charge in [-0.05, 0) is 33.7 Å². The molecule has 0 amide bonds. The molecule has 1 heterocycles. The summed E-state index contributed by atoms with van der Waals surface area (Å²) in [7, 11) is 0. The zero-order valence-electron chi connectivity index (χ0n) is 10.6. The first-order chi connectivity index (χ1) is 7.99. The van der Waals surface area contributed by atoms with E-state index in [-0.39, 0.29) is 6.42 Å². The maximum Gasteiger partial charge on any atom is 0.303 e. The molecule has 0 fully saturated rings. The van der Waals surface area contributed by atoms with Gasteiger partial charge in [-0.2, -0.15) is 0 Å². The minimum Gasteiger partial charge on any atom is -0.481 e. The molecule has 0 bridgehead atoms. The number of carboxylic acid groups (broad SMARTS) is 1. The molecule has 0 aliphatic heterocycles. The van der Waals surface area contributed by atoms with Crippen molar-refractivity contribution in [3.05, 3.63) is 16.1 Å². The molecule has 96 valence electrons. The zero-order chi connectivity index (χ0) is 12.8. The second-order valence-electron chi connectivity index (χ2n) is 4.41. The number of thiazole rings is 1. The first kappa shape index (κ1) is 14.1. The van der Waals surface area contributed by atoms with Gasteiger partial charge >= 0.3 is 5.97 Å². The van der Waals surface area contributed by atoms with E-state index in [0.29, 0.717) is 12.5 Å². The van der Waals surface area contributed by atoms with E-state index in [1.165, 1.54) is 4.88 Å². The van der Waals surface area contributed by atoms with Crippen LogP contribution in [-0.4, -0.2) is 33.5 Å². The van der Waals surface area contributed by atoms with Crippen LogP contribution in [0.1, 0.15) is 36.6 Å². The van der Waals surface area contributed by atoms with Crippen LogP contribution >= 0.6 is 11.3 Å². The van der Waals surface area contributed by atoms with E-state index in [2.05, 4.69) is 23.7 Å². The van der Waals surface area contributed by atoms with Gasteiger partial charge in [0.15, 0.2) is 0 Å². The van der Waals surface area contributed by atoms with Gasteiger partial charge in [-0.25, -0.2) is 4.98 Å². The van der Waals surface area contributed by atoms with Gasteiger partial charge in [0.1, 0.15) is 0 Å². The standard InChI is InChI=1S/C12H20N2O2S/c1-9(2)14(6-4-5-12(15)16)8-11-7-13-10(3)17-11/h7,9H,4-6,8H2,1-3H3,(H,15,16). The number of carboxylic acids is 1. The molecule has 17 heavy (non-hydrogen) atoms. The Morgan fingerprint density at radius 1 is 1.59 bits per heavy atom. The van der Waals surface area contributed by atoms with E-state index >= 15 is 0 Å². The van der Waals surface area contributed by atoms with Crippen molar-refractivity contribution in [2.45, 2.75) is 46.2 Å². The van der Waals surface area contributed by atoms with E-state index in [1.54, 1.807) is 11.3 Å². The first-order valence-corrected chi connectivity index (χ1v) is 6.68. The summed E-state index contributed by atoms with van der Waals surface area (Å²) in [5, 5.41) is 9.71. The van der Waals surface area contributed by atoms with E-state index in [9.17, 15) is 4.79 Å². The summed E-state index contributed by atoms with van der Waals surface area (Å²) in [4.78, 5) is 18.3. The van der Waals surface area contributed by atoms with Crippen molar-refractivity contribution in [3.8, 4) is 0 Å². The Morgan fingerprint density at radius 2 is 2.29 bits per heavy atom. The second kappa shape index (κ2) is 6.71.